The average Bonchev–Trinajstić information content (AvgIpc) is 2.16. The second-order valence-electron chi connectivity index (χ2n) is 2.11. The van der Waals surface area contributed by atoms with Crippen molar-refractivity contribution in [3.63, 3.8) is 0 Å². The largest absolute Gasteiger partial charge is 0.463 e. The molecular formula is C9H18O4. The lowest BCUT2D eigenvalue weighted by atomic mass is 10.3. The third kappa shape index (κ3) is 18.2. The van der Waals surface area contributed by atoms with E-state index in [0.717, 1.165) is 18.9 Å². The molecular weight excluding hydrogens is 172 g/mol. The maximum Gasteiger partial charge on any atom is 0.330 e. The lowest BCUT2D eigenvalue weighted by Crippen LogP contribution is -1.97. The van der Waals surface area contributed by atoms with Gasteiger partial charge in [0, 0.05) is 19.3 Å². The fourth-order valence-corrected chi connectivity index (χ4v) is 0.425. The molecule has 0 radical (unpaired) electrons. The minimum absolute atomic E-state index is 0.195. The van der Waals surface area contributed by atoms with E-state index in [2.05, 4.69) is 11.3 Å². The molecule has 4 heteroatoms. The quantitative estimate of drug-likeness (QED) is 0.376. The van der Waals surface area contributed by atoms with Gasteiger partial charge < -0.3 is 14.9 Å². The topological polar surface area (TPSA) is 66.8 Å². The molecule has 0 amide bonds. The standard InChI is InChI=1S/C5H8O2.C4H10O2/c1-3-5(6)7-4-2;5-3-1-2-4-6/h3H,1,4H2,2H3;5-6H,1-4H2. The molecule has 0 rings (SSSR count). The summed E-state index contributed by atoms with van der Waals surface area (Å²) in [6.45, 7) is 5.77. The monoisotopic (exact) mass is 190 g/mol. The van der Waals surface area contributed by atoms with Crippen molar-refractivity contribution in [1.82, 2.24) is 0 Å². The summed E-state index contributed by atoms with van der Waals surface area (Å²) in [6.07, 6.45) is 2.58. The lowest BCUT2D eigenvalue weighted by Gasteiger charge is -1.90. The van der Waals surface area contributed by atoms with E-state index >= 15 is 0 Å². The minimum atomic E-state index is -0.359. The number of esters is 1. The van der Waals surface area contributed by atoms with Crippen LogP contribution in [-0.4, -0.2) is 36.0 Å². The molecule has 0 bridgehead atoms. The highest BCUT2D eigenvalue weighted by Crippen LogP contribution is 1.80. The Morgan fingerprint density at radius 2 is 1.85 bits per heavy atom. The van der Waals surface area contributed by atoms with E-state index in [-0.39, 0.29) is 19.2 Å². The normalized spacial score (nSPS) is 8.23. The fourth-order valence-electron chi connectivity index (χ4n) is 0.425. The highest BCUT2D eigenvalue weighted by Gasteiger charge is 1.86. The number of hydrogen-bond donors (Lipinski definition) is 2. The first kappa shape index (κ1) is 14.6. The van der Waals surface area contributed by atoms with Crippen LogP contribution < -0.4 is 0 Å². The van der Waals surface area contributed by atoms with Crippen molar-refractivity contribution >= 4 is 5.97 Å². The Balaban J connectivity index is 0. The summed E-state index contributed by atoms with van der Waals surface area (Å²) in [5.41, 5.74) is 0. The summed E-state index contributed by atoms with van der Waals surface area (Å²) < 4.78 is 4.43. The minimum Gasteiger partial charge on any atom is -0.463 e. The van der Waals surface area contributed by atoms with Crippen molar-refractivity contribution < 1.29 is 19.7 Å². The molecule has 2 N–H and O–H groups in total. The fraction of sp³-hybridized carbons (Fsp3) is 0.667. The van der Waals surface area contributed by atoms with E-state index in [1.807, 2.05) is 0 Å². The Kier molecular flexibility index (Phi) is 15.4. The van der Waals surface area contributed by atoms with Gasteiger partial charge in [-0.05, 0) is 19.8 Å². The van der Waals surface area contributed by atoms with E-state index in [1.54, 1.807) is 6.92 Å². The third-order valence-corrected chi connectivity index (χ3v) is 1.02. The average molecular weight is 190 g/mol. The van der Waals surface area contributed by atoms with Crippen LogP contribution in [0.4, 0.5) is 0 Å². The van der Waals surface area contributed by atoms with E-state index in [0.29, 0.717) is 6.61 Å². The van der Waals surface area contributed by atoms with Gasteiger partial charge in [-0.1, -0.05) is 6.58 Å². The zero-order valence-corrected chi connectivity index (χ0v) is 8.03. The molecule has 0 unspecified atom stereocenters. The smallest absolute Gasteiger partial charge is 0.330 e. The number of hydrogen-bond acceptors (Lipinski definition) is 4. The highest BCUT2D eigenvalue weighted by molar-refractivity contribution is 5.81. The Labute approximate surface area is 78.8 Å². The first-order chi connectivity index (χ1) is 6.22. The second-order valence-corrected chi connectivity index (χ2v) is 2.11. The molecule has 0 heterocycles. The van der Waals surface area contributed by atoms with Gasteiger partial charge in [-0.15, -0.1) is 0 Å². The van der Waals surface area contributed by atoms with Gasteiger partial charge in [0.15, 0.2) is 0 Å². The van der Waals surface area contributed by atoms with Gasteiger partial charge >= 0.3 is 5.97 Å². The van der Waals surface area contributed by atoms with Gasteiger partial charge in [0.05, 0.1) is 6.61 Å². The van der Waals surface area contributed by atoms with Gasteiger partial charge in [-0.2, -0.15) is 0 Å². The predicted octanol–water partition coefficient (Wildman–Crippen LogP) is 0.487. The zero-order valence-electron chi connectivity index (χ0n) is 8.03. The number of aliphatic hydroxyl groups is 2. The third-order valence-electron chi connectivity index (χ3n) is 1.02. The Bertz CT molecular complexity index is 119. The number of ether oxygens (including phenoxy) is 1. The maximum atomic E-state index is 10.1. The summed E-state index contributed by atoms with van der Waals surface area (Å²) in [5, 5.41) is 16.2. The van der Waals surface area contributed by atoms with Crippen LogP contribution in [0.3, 0.4) is 0 Å². The molecule has 13 heavy (non-hydrogen) atoms. The van der Waals surface area contributed by atoms with Crippen LogP contribution >= 0.6 is 0 Å². The second kappa shape index (κ2) is 13.7. The first-order valence-corrected chi connectivity index (χ1v) is 4.23. The molecule has 0 spiro atoms. The molecule has 0 aromatic carbocycles. The molecule has 0 aliphatic heterocycles. The number of unbranched alkanes of at least 4 members (excludes halogenated alkanes) is 1. The van der Waals surface area contributed by atoms with Gasteiger partial charge in [-0.25, -0.2) is 4.79 Å². The van der Waals surface area contributed by atoms with Crippen molar-refractivity contribution in [2.24, 2.45) is 0 Å². The Morgan fingerprint density at radius 1 is 1.38 bits per heavy atom. The maximum absolute atomic E-state index is 10.1. The molecule has 78 valence electrons. The first-order valence-electron chi connectivity index (χ1n) is 4.23. The van der Waals surface area contributed by atoms with E-state index in [4.69, 9.17) is 10.2 Å². The van der Waals surface area contributed by atoms with E-state index < -0.39 is 0 Å². The van der Waals surface area contributed by atoms with Crippen LogP contribution in [0.25, 0.3) is 0 Å². The number of rotatable bonds is 5. The SMILES string of the molecule is C=CC(=O)OCC.OCCCCO. The van der Waals surface area contributed by atoms with Crippen molar-refractivity contribution in [3.05, 3.63) is 12.7 Å². The Morgan fingerprint density at radius 3 is 2.00 bits per heavy atom. The summed E-state index contributed by atoms with van der Waals surface area (Å²) >= 11 is 0. The van der Waals surface area contributed by atoms with Crippen LogP contribution in [0.15, 0.2) is 12.7 Å². The summed E-state index contributed by atoms with van der Waals surface area (Å²) in [5.74, 6) is -0.359. The van der Waals surface area contributed by atoms with E-state index in [1.165, 1.54) is 0 Å². The zero-order chi connectivity index (χ0) is 10.5. The van der Waals surface area contributed by atoms with Gasteiger partial charge in [0.25, 0.3) is 0 Å². The van der Waals surface area contributed by atoms with Crippen molar-refractivity contribution in [2.45, 2.75) is 19.8 Å². The van der Waals surface area contributed by atoms with Gasteiger partial charge in [0.2, 0.25) is 0 Å². The summed E-state index contributed by atoms with van der Waals surface area (Å²) in [6, 6.07) is 0. The number of aliphatic hydroxyl groups excluding tert-OH is 2. The number of carbonyl (C=O) groups is 1. The highest BCUT2D eigenvalue weighted by atomic mass is 16.5. The van der Waals surface area contributed by atoms with E-state index in [9.17, 15) is 4.79 Å². The Hall–Kier alpha value is -0.870. The summed E-state index contributed by atoms with van der Waals surface area (Å²) in [7, 11) is 0. The molecule has 0 aromatic heterocycles. The van der Waals surface area contributed by atoms with Crippen LogP contribution in [0.5, 0.6) is 0 Å². The molecule has 0 aliphatic rings. The van der Waals surface area contributed by atoms with Gasteiger partial charge in [0.1, 0.15) is 0 Å². The van der Waals surface area contributed by atoms with Crippen LogP contribution in [-0.2, 0) is 9.53 Å². The molecule has 0 fully saturated rings. The summed E-state index contributed by atoms with van der Waals surface area (Å²) in [4.78, 5) is 10.1. The molecule has 0 aromatic rings. The number of carbonyl (C=O) groups excluding carboxylic acids is 1. The van der Waals surface area contributed by atoms with Gasteiger partial charge in [-0.3, -0.25) is 0 Å². The molecule has 0 saturated carbocycles. The molecule has 0 aliphatic carbocycles. The van der Waals surface area contributed by atoms with Crippen molar-refractivity contribution in [3.8, 4) is 0 Å². The van der Waals surface area contributed by atoms with Crippen molar-refractivity contribution in [2.75, 3.05) is 19.8 Å². The van der Waals surface area contributed by atoms with Crippen LogP contribution in [0, 0.1) is 0 Å². The predicted molar refractivity (Wildman–Crippen MR) is 50.2 cm³/mol. The van der Waals surface area contributed by atoms with Crippen LogP contribution in [0.1, 0.15) is 19.8 Å². The molecule has 0 atom stereocenters. The van der Waals surface area contributed by atoms with Crippen molar-refractivity contribution in [1.29, 1.82) is 0 Å². The lowest BCUT2D eigenvalue weighted by molar-refractivity contribution is -0.137. The molecule has 0 saturated heterocycles. The van der Waals surface area contributed by atoms with Crippen LogP contribution in [0.2, 0.25) is 0 Å². The molecule has 4 nitrogen and oxygen atoms in total.